The van der Waals surface area contributed by atoms with Crippen LogP contribution in [-0.2, 0) is 28.0 Å². The first-order valence-corrected chi connectivity index (χ1v) is 8.63. The third kappa shape index (κ3) is 2.28. The van der Waals surface area contributed by atoms with E-state index in [4.69, 9.17) is 0 Å². The summed E-state index contributed by atoms with van der Waals surface area (Å²) in [5.74, 6) is -0.831. The molecule has 23 heavy (non-hydrogen) atoms. The molecular formula is C20H26O3. The van der Waals surface area contributed by atoms with Crippen LogP contribution in [0.4, 0.5) is 0 Å². The minimum atomic E-state index is -1.69. The Hall–Kier alpha value is -1.48. The van der Waals surface area contributed by atoms with Crippen LogP contribution in [0.1, 0.15) is 67.9 Å². The maximum atomic E-state index is 12.7. The number of ketones is 2. The zero-order valence-electron chi connectivity index (χ0n) is 14.7. The Kier molecular flexibility index (Phi) is 3.75. The largest absolute Gasteiger partial charge is 0.377 e. The summed E-state index contributed by atoms with van der Waals surface area (Å²) in [5, 5.41) is 10.9. The molecule has 0 aliphatic heterocycles. The van der Waals surface area contributed by atoms with Gasteiger partial charge in [-0.3, -0.25) is 9.59 Å². The van der Waals surface area contributed by atoms with Crippen LogP contribution in [0.3, 0.4) is 0 Å². The summed E-state index contributed by atoms with van der Waals surface area (Å²) in [5.41, 5.74) is 3.40. The van der Waals surface area contributed by atoms with Gasteiger partial charge in [0.2, 0.25) is 11.6 Å². The molecule has 3 nitrogen and oxygen atoms in total. The van der Waals surface area contributed by atoms with Crippen LogP contribution >= 0.6 is 0 Å². The molecule has 1 aromatic rings. The molecule has 0 fully saturated rings. The zero-order valence-corrected chi connectivity index (χ0v) is 14.7. The number of hydrogen-bond donors (Lipinski definition) is 1. The minimum absolute atomic E-state index is 0.155. The van der Waals surface area contributed by atoms with Crippen LogP contribution in [0, 0.1) is 18.8 Å². The first-order chi connectivity index (χ1) is 10.7. The van der Waals surface area contributed by atoms with E-state index in [-0.39, 0.29) is 11.8 Å². The number of aryl methyl sites for hydroxylation is 1. The van der Waals surface area contributed by atoms with E-state index in [9.17, 15) is 14.7 Å². The number of carbonyl (C=O) groups excluding carboxylic acids is 2. The van der Waals surface area contributed by atoms with Gasteiger partial charge in [0.05, 0.1) is 5.92 Å². The lowest BCUT2D eigenvalue weighted by Crippen LogP contribution is -2.49. The Bertz CT molecular complexity index is 697. The molecule has 0 heterocycles. The van der Waals surface area contributed by atoms with Crippen molar-refractivity contribution in [3.05, 3.63) is 33.9 Å². The quantitative estimate of drug-likeness (QED) is 0.853. The van der Waals surface area contributed by atoms with Crippen molar-refractivity contribution >= 4 is 11.6 Å². The highest BCUT2D eigenvalue weighted by molar-refractivity contribution is 6.43. The highest BCUT2D eigenvalue weighted by Crippen LogP contribution is 2.49. The van der Waals surface area contributed by atoms with E-state index in [2.05, 4.69) is 26.8 Å². The molecule has 0 amide bonds. The zero-order chi connectivity index (χ0) is 17.1. The molecule has 2 aliphatic rings. The summed E-state index contributed by atoms with van der Waals surface area (Å²) >= 11 is 0. The third-order valence-corrected chi connectivity index (χ3v) is 5.58. The number of benzene rings is 1. The van der Waals surface area contributed by atoms with E-state index in [0.29, 0.717) is 5.92 Å². The minimum Gasteiger partial charge on any atom is -0.377 e. The molecule has 0 saturated carbocycles. The van der Waals surface area contributed by atoms with Crippen molar-refractivity contribution in [2.75, 3.05) is 0 Å². The van der Waals surface area contributed by atoms with E-state index in [1.54, 1.807) is 0 Å². The molecule has 3 rings (SSSR count). The number of carbonyl (C=O) groups is 2. The summed E-state index contributed by atoms with van der Waals surface area (Å²) in [6.07, 6.45) is 2.65. The molecule has 3 atom stereocenters. The topological polar surface area (TPSA) is 54.4 Å². The fourth-order valence-corrected chi connectivity index (χ4v) is 4.52. The van der Waals surface area contributed by atoms with Gasteiger partial charge in [-0.25, -0.2) is 0 Å². The molecule has 0 bridgehead atoms. The van der Waals surface area contributed by atoms with Crippen molar-refractivity contribution in [1.82, 2.24) is 0 Å². The number of hydrogen-bond acceptors (Lipinski definition) is 3. The SMILES string of the molecule is Cc1cc(CC(C)C)c2c3c1CCC(C)C3C(=O)C(=O)C2(C)O. The Morgan fingerprint density at radius 1 is 1.35 bits per heavy atom. The maximum absolute atomic E-state index is 12.7. The van der Waals surface area contributed by atoms with Gasteiger partial charge in [-0.15, -0.1) is 0 Å². The van der Waals surface area contributed by atoms with Crippen LogP contribution in [0.5, 0.6) is 0 Å². The first kappa shape index (κ1) is 16.4. The molecule has 3 unspecified atom stereocenters. The molecule has 0 aromatic heterocycles. The average molecular weight is 314 g/mol. The smallest absolute Gasteiger partial charge is 0.234 e. The van der Waals surface area contributed by atoms with Crippen LogP contribution in [0.25, 0.3) is 0 Å². The van der Waals surface area contributed by atoms with Crippen molar-refractivity contribution in [3.8, 4) is 0 Å². The predicted octanol–water partition coefficient (Wildman–Crippen LogP) is 3.22. The number of aliphatic hydroxyl groups is 1. The Labute approximate surface area is 138 Å². The predicted molar refractivity (Wildman–Crippen MR) is 89.5 cm³/mol. The van der Waals surface area contributed by atoms with Crippen molar-refractivity contribution in [2.45, 2.75) is 65.4 Å². The van der Waals surface area contributed by atoms with Crippen LogP contribution in [0.15, 0.2) is 6.07 Å². The Morgan fingerprint density at radius 2 is 2.00 bits per heavy atom. The average Bonchev–Trinajstić information content (AvgIpc) is 2.43. The highest BCUT2D eigenvalue weighted by atomic mass is 16.3. The van der Waals surface area contributed by atoms with Crippen molar-refractivity contribution in [2.24, 2.45) is 11.8 Å². The molecule has 0 saturated heterocycles. The third-order valence-electron chi connectivity index (χ3n) is 5.58. The summed E-state index contributed by atoms with van der Waals surface area (Å²) in [4.78, 5) is 25.2. The van der Waals surface area contributed by atoms with Crippen molar-refractivity contribution in [3.63, 3.8) is 0 Å². The number of Topliss-reactive ketones (excluding diaryl/α,β-unsaturated/α-hetero) is 2. The molecular weight excluding hydrogens is 288 g/mol. The molecule has 3 heteroatoms. The van der Waals surface area contributed by atoms with Gasteiger partial charge >= 0.3 is 0 Å². The van der Waals surface area contributed by atoms with Crippen LogP contribution < -0.4 is 0 Å². The first-order valence-electron chi connectivity index (χ1n) is 8.63. The fraction of sp³-hybridized carbons (Fsp3) is 0.600. The van der Waals surface area contributed by atoms with Gasteiger partial charge in [0.25, 0.3) is 0 Å². The molecule has 2 aliphatic carbocycles. The van der Waals surface area contributed by atoms with Crippen molar-refractivity contribution < 1.29 is 14.7 Å². The van der Waals surface area contributed by atoms with Gasteiger partial charge in [0, 0.05) is 0 Å². The highest BCUT2D eigenvalue weighted by Gasteiger charge is 2.52. The Balaban J connectivity index is 2.37. The van der Waals surface area contributed by atoms with Gasteiger partial charge in [-0.1, -0.05) is 26.8 Å². The van der Waals surface area contributed by atoms with Crippen LogP contribution in [-0.4, -0.2) is 16.7 Å². The summed E-state index contributed by atoms with van der Waals surface area (Å²) in [6.45, 7) is 9.89. The lowest BCUT2D eigenvalue weighted by molar-refractivity contribution is -0.151. The van der Waals surface area contributed by atoms with E-state index < -0.39 is 17.2 Å². The van der Waals surface area contributed by atoms with E-state index >= 15 is 0 Å². The normalized spacial score (nSPS) is 29.9. The second-order valence-corrected chi connectivity index (χ2v) is 7.98. The van der Waals surface area contributed by atoms with Gasteiger partial charge in [0.15, 0.2) is 5.60 Å². The van der Waals surface area contributed by atoms with Crippen LogP contribution in [0.2, 0.25) is 0 Å². The Morgan fingerprint density at radius 3 is 2.61 bits per heavy atom. The summed E-state index contributed by atoms with van der Waals surface area (Å²) in [6, 6.07) is 2.12. The second kappa shape index (κ2) is 5.27. The summed E-state index contributed by atoms with van der Waals surface area (Å²) in [7, 11) is 0. The molecule has 124 valence electrons. The van der Waals surface area contributed by atoms with Gasteiger partial charge < -0.3 is 5.11 Å². The van der Waals surface area contributed by atoms with E-state index in [0.717, 1.165) is 36.0 Å². The lowest BCUT2D eigenvalue weighted by atomic mass is 9.61. The van der Waals surface area contributed by atoms with E-state index in [1.807, 2.05) is 6.92 Å². The van der Waals surface area contributed by atoms with Gasteiger partial charge in [-0.2, -0.15) is 0 Å². The molecule has 1 N–H and O–H groups in total. The van der Waals surface area contributed by atoms with Gasteiger partial charge in [-0.05, 0) is 72.8 Å². The molecule has 0 spiro atoms. The summed E-state index contributed by atoms with van der Waals surface area (Å²) < 4.78 is 0. The fourth-order valence-electron chi connectivity index (χ4n) is 4.52. The maximum Gasteiger partial charge on any atom is 0.234 e. The standard InChI is InChI=1S/C20H26O3/c1-10(2)8-13-9-12(4)14-7-6-11(3)15-16(14)17(13)20(5,23)19(22)18(15)21/h9-11,15,23H,6-8H2,1-5H3. The monoisotopic (exact) mass is 314 g/mol. The molecule has 0 radical (unpaired) electrons. The van der Waals surface area contributed by atoms with Crippen molar-refractivity contribution in [1.29, 1.82) is 0 Å². The number of rotatable bonds is 2. The van der Waals surface area contributed by atoms with E-state index in [1.165, 1.54) is 18.1 Å². The van der Waals surface area contributed by atoms with Gasteiger partial charge in [0.1, 0.15) is 0 Å². The second-order valence-electron chi connectivity index (χ2n) is 7.98. The lowest BCUT2D eigenvalue weighted by Gasteiger charge is -2.42. The molecule has 1 aromatic carbocycles.